The first-order valence-electron chi connectivity index (χ1n) is 17.1. The number of likely N-dealkylation sites (N-methyl/N-ethyl adjacent to an activating group) is 1. The van der Waals surface area contributed by atoms with Crippen molar-refractivity contribution in [3.05, 3.63) is 124 Å². The fraction of sp³-hybridized carbons (Fsp3) is 0.341. The zero-order valence-corrected chi connectivity index (χ0v) is 30.1. The number of nitrogens with zero attached hydrogens (tertiary/aromatic N) is 2. The molecule has 1 aromatic heterocycles. The van der Waals surface area contributed by atoms with Crippen LogP contribution < -0.4 is 4.90 Å². The molecular formula is C41H39F7N2O4. The van der Waals surface area contributed by atoms with E-state index in [-0.39, 0.29) is 36.7 Å². The number of rotatable bonds is 11. The van der Waals surface area contributed by atoms with Gasteiger partial charge in [-0.3, -0.25) is 14.6 Å². The molecular weight excluding hydrogens is 717 g/mol. The van der Waals surface area contributed by atoms with Crippen molar-refractivity contribution >= 4 is 23.1 Å². The molecule has 0 bridgehead atoms. The Hall–Kier alpha value is -5.04. The number of carbonyl (C=O) groups is 2. The number of hydrogen-bond acceptors (Lipinski definition) is 5. The van der Waals surface area contributed by atoms with Gasteiger partial charge in [-0.1, -0.05) is 42.5 Å². The molecule has 286 valence electrons. The van der Waals surface area contributed by atoms with Gasteiger partial charge in [0.1, 0.15) is 5.82 Å². The number of carbonyl (C=O) groups excluding carboxylic acids is 2. The Morgan fingerprint density at radius 2 is 1.54 bits per heavy atom. The van der Waals surface area contributed by atoms with Crippen molar-refractivity contribution in [2.75, 3.05) is 25.7 Å². The quantitative estimate of drug-likeness (QED) is 0.113. The van der Waals surface area contributed by atoms with Gasteiger partial charge < -0.3 is 14.4 Å². The first kappa shape index (κ1) is 40.2. The van der Waals surface area contributed by atoms with E-state index in [1.54, 1.807) is 43.3 Å². The third-order valence-electron chi connectivity index (χ3n) is 9.76. The zero-order chi connectivity index (χ0) is 39.4. The maximum Gasteiger partial charge on any atom is 0.416 e. The van der Waals surface area contributed by atoms with Gasteiger partial charge in [0.2, 0.25) is 5.91 Å². The average Bonchev–Trinajstić information content (AvgIpc) is 3.13. The summed E-state index contributed by atoms with van der Waals surface area (Å²) >= 11 is 0. The second-order valence-corrected chi connectivity index (χ2v) is 13.7. The van der Waals surface area contributed by atoms with Crippen LogP contribution in [0.25, 0.3) is 16.7 Å². The Balaban J connectivity index is 1.61. The van der Waals surface area contributed by atoms with Crippen LogP contribution in [0.15, 0.2) is 85.1 Å². The molecule has 1 heterocycles. The van der Waals surface area contributed by atoms with E-state index in [0.29, 0.717) is 59.3 Å². The third kappa shape index (κ3) is 9.18. The maximum absolute atomic E-state index is 14.7. The van der Waals surface area contributed by atoms with Crippen molar-refractivity contribution < 1.29 is 49.8 Å². The molecule has 2 unspecified atom stereocenters. The number of alkyl halides is 6. The molecule has 1 aliphatic carbocycles. The molecule has 0 saturated carbocycles. The monoisotopic (exact) mass is 756 g/mol. The second-order valence-electron chi connectivity index (χ2n) is 13.7. The molecule has 0 radical (unpaired) electrons. The number of amides is 1. The average molecular weight is 757 g/mol. The Morgan fingerprint density at radius 1 is 0.889 bits per heavy atom. The molecule has 4 aromatic rings. The maximum atomic E-state index is 14.7. The highest BCUT2D eigenvalue weighted by atomic mass is 19.4. The first-order chi connectivity index (χ1) is 25.4. The Bertz CT molecular complexity index is 2000. The minimum atomic E-state index is -5.16. The number of benzene rings is 3. The fourth-order valence-electron chi connectivity index (χ4n) is 6.63. The number of allylic oxidation sites excluding steroid dienone is 2. The largest absolute Gasteiger partial charge is 0.469 e. The summed E-state index contributed by atoms with van der Waals surface area (Å²) in [5, 5.41) is 0. The van der Waals surface area contributed by atoms with Crippen molar-refractivity contribution in [3.8, 4) is 11.1 Å². The van der Waals surface area contributed by atoms with Crippen LogP contribution in [0.3, 0.4) is 0 Å². The number of halogens is 7. The third-order valence-corrected chi connectivity index (χ3v) is 9.76. The van der Waals surface area contributed by atoms with Gasteiger partial charge in [0.15, 0.2) is 0 Å². The minimum Gasteiger partial charge on any atom is -0.469 e. The minimum absolute atomic E-state index is 0.0125. The van der Waals surface area contributed by atoms with Crippen LogP contribution in [-0.4, -0.2) is 37.6 Å². The van der Waals surface area contributed by atoms with Gasteiger partial charge in [-0.25, -0.2) is 4.39 Å². The lowest BCUT2D eigenvalue weighted by molar-refractivity contribution is -0.144. The summed E-state index contributed by atoms with van der Waals surface area (Å²) in [5.74, 6) is -1.60. The van der Waals surface area contributed by atoms with Crippen molar-refractivity contribution in [2.24, 2.45) is 5.92 Å². The predicted molar refractivity (Wildman–Crippen MR) is 190 cm³/mol. The van der Waals surface area contributed by atoms with Gasteiger partial charge in [-0.05, 0) is 103 Å². The molecule has 3 aromatic carbocycles. The van der Waals surface area contributed by atoms with Crippen LogP contribution in [0, 0.1) is 18.7 Å². The Morgan fingerprint density at radius 3 is 2.11 bits per heavy atom. The molecule has 0 aliphatic heterocycles. The summed E-state index contributed by atoms with van der Waals surface area (Å²) in [6.45, 7) is 2.25. The molecule has 0 N–H and O–H groups in total. The lowest BCUT2D eigenvalue weighted by Crippen LogP contribution is -2.47. The first-order valence-corrected chi connectivity index (χ1v) is 17.1. The van der Waals surface area contributed by atoms with Crippen LogP contribution in [0.1, 0.15) is 66.1 Å². The number of methoxy groups -OCH3 is 1. The molecule has 1 aliphatic rings. The number of aromatic nitrogens is 1. The van der Waals surface area contributed by atoms with E-state index in [4.69, 9.17) is 9.47 Å². The molecule has 13 heteroatoms. The van der Waals surface area contributed by atoms with E-state index in [0.717, 1.165) is 10.5 Å². The number of anilines is 1. The van der Waals surface area contributed by atoms with Crippen LogP contribution >= 0.6 is 0 Å². The Labute approximate surface area is 308 Å². The van der Waals surface area contributed by atoms with E-state index in [1.807, 2.05) is 6.08 Å². The summed E-state index contributed by atoms with van der Waals surface area (Å²) in [4.78, 5) is 32.3. The molecule has 0 fully saturated rings. The highest BCUT2D eigenvalue weighted by molar-refractivity contribution is 6.03. The normalized spacial score (nSPS) is 16.0. The summed E-state index contributed by atoms with van der Waals surface area (Å²) in [6.07, 6.45) is -4.80. The van der Waals surface area contributed by atoms with Gasteiger partial charge in [0.25, 0.3) is 0 Å². The van der Waals surface area contributed by atoms with Crippen molar-refractivity contribution in [3.63, 3.8) is 0 Å². The SMILES string of the molecule is COC(=O)CC1CC=C(c2cc(-c3ccc(F)cc3C)c(N(C)C(=O)C(C)(COCc3ccccc3)c3cc(C(F)(F)F)cc(C(F)(F)F)c3)cn2)CC1. The Kier molecular flexibility index (Phi) is 12.0. The van der Waals surface area contributed by atoms with Gasteiger partial charge in [-0.2, -0.15) is 26.3 Å². The van der Waals surface area contributed by atoms with Crippen molar-refractivity contribution in [1.29, 1.82) is 0 Å². The van der Waals surface area contributed by atoms with E-state index < -0.39 is 52.8 Å². The van der Waals surface area contributed by atoms with Crippen LogP contribution in [0.4, 0.5) is 36.4 Å². The zero-order valence-electron chi connectivity index (χ0n) is 30.1. The highest BCUT2D eigenvalue weighted by Gasteiger charge is 2.44. The van der Waals surface area contributed by atoms with Gasteiger partial charge >= 0.3 is 18.3 Å². The molecule has 5 rings (SSSR count). The van der Waals surface area contributed by atoms with E-state index >= 15 is 0 Å². The van der Waals surface area contributed by atoms with Crippen molar-refractivity contribution in [1.82, 2.24) is 4.98 Å². The van der Waals surface area contributed by atoms with E-state index in [2.05, 4.69) is 4.98 Å². The van der Waals surface area contributed by atoms with E-state index in [1.165, 1.54) is 45.5 Å². The lowest BCUT2D eigenvalue weighted by Gasteiger charge is -2.35. The highest BCUT2D eigenvalue weighted by Crippen LogP contribution is 2.42. The number of aryl methyl sites for hydroxylation is 1. The number of ether oxygens (including phenoxy) is 2. The molecule has 6 nitrogen and oxygen atoms in total. The number of pyridine rings is 1. The number of esters is 1. The summed E-state index contributed by atoms with van der Waals surface area (Å²) in [6, 6.07) is 15.6. The lowest BCUT2D eigenvalue weighted by atomic mass is 9.79. The molecule has 2 atom stereocenters. The van der Waals surface area contributed by atoms with Crippen LogP contribution in [0.5, 0.6) is 0 Å². The number of hydrogen-bond donors (Lipinski definition) is 0. The van der Waals surface area contributed by atoms with Gasteiger partial charge in [-0.15, -0.1) is 0 Å². The molecule has 1 amide bonds. The standard InChI is InChI=1S/C41H39F7N2O4/c1-25-16-32(42)14-15-33(25)34-21-35(28-12-10-26(11-13-28)17-37(51)53-4)49-22-36(34)50(3)38(52)39(2,24-54-23-27-8-6-5-7-9-27)29-18-30(40(43,44)45)20-31(19-29)41(46,47)48/h5-9,12,14-16,18-22,26H,10-11,13,17,23-24H2,1-4H3. The molecule has 0 saturated heterocycles. The van der Waals surface area contributed by atoms with Crippen LogP contribution in [-0.2, 0) is 43.4 Å². The smallest absolute Gasteiger partial charge is 0.416 e. The second kappa shape index (κ2) is 16.1. The predicted octanol–water partition coefficient (Wildman–Crippen LogP) is 10.1. The molecule has 0 spiro atoms. The fourth-order valence-corrected chi connectivity index (χ4v) is 6.63. The summed E-state index contributed by atoms with van der Waals surface area (Å²) in [5.41, 5.74) is -2.04. The van der Waals surface area contributed by atoms with Gasteiger partial charge in [0, 0.05) is 19.0 Å². The molecule has 54 heavy (non-hydrogen) atoms. The van der Waals surface area contributed by atoms with Crippen LogP contribution in [0.2, 0.25) is 0 Å². The topological polar surface area (TPSA) is 68.7 Å². The summed E-state index contributed by atoms with van der Waals surface area (Å²) < 4.78 is 109. The summed E-state index contributed by atoms with van der Waals surface area (Å²) in [7, 11) is 2.69. The van der Waals surface area contributed by atoms with Gasteiger partial charge in [0.05, 0.1) is 54.4 Å². The van der Waals surface area contributed by atoms with E-state index in [9.17, 15) is 40.3 Å². The van der Waals surface area contributed by atoms with Crippen molar-refractivity contribution in [2.45, 2.75) is 63.9 Å².